The summed E-state index contributed by atoms with van der Waals surface area (Å²) < 4.78 is 0. The molecule has 0 aromatic heterocycles. The van der Waals surface area contributed by atoms with Crippen LogP contribution in [0.1, 0.15) is 19.8 Å². The molecule has 1 amide bonds. The molecule has 1 rings (SSSR count). The molecule has 1 saturated carbocycles. The summed E-state index contributed by atoms with van der Waals surface area (Å²) in [6.45, 7) is 2.70. The van der Waals surface area contributed by atoms with Gasteiger partial charge in [-0.15, -0.1) is 0 Å². The Balaban J connectivity index is 2.38. The highest BCUT2D eigenvalue weighted by Gasteiger charge is 2.49. The molecule has 74 valence electrons. The quantitative estimate of drug-likeness (QED) is 0.696. The van der Waals surface area contributed by atoms with Crippen LogP contribution in [0, 0.1) is 11.8 Å². The molecule has 0 radical (unpaired) electrons. The monoisotopic (exact) mass is 185 g/mol. The Kier molecular flexibility index (Phi) is 2.90. The van der Waals surface area contributed by atoms with Crippen molar-refractivity contribution in [3.63, 3.8) is 0 Å². The molecule has 1 aliphatic carbocycles. The van der Waals surface area contributed by atoms with Gasteiger partial charge in [0.1, 0.15) is 0 Å². The summed E-state index contributed by atoms with van der Waals surface area (Å²) in [6, 6.07) is 0. The number of amides is 1. The van der Waals surface area contributed by atoms with Crippen molar-refractivity contribution in [3.05, 3.63) is 0 Å². The van der Waals surface area contributed by atoms with Gasteiger partial charge in [0.05, 0.1) is 11.8 Å². The minimum Gasteiger partial charge on any atom is -0.481 e. The second kappa shape index (κ2) is 3.77. The van der Waals surface area contributed by atoms with Gasteiger partial charge < -0.3 is 10.0 Å². The highest BCUT2D eigenvalue weighted by Crippen LogP contribution is 2.39. The number of aliphatic carboxylic acids is 1. The zero-order valence-electron chi connectivity index (χ0n) is 7.99. The van der Waals surface area contributed by atoms with E-state index in [9.17, 15) is 9.59 Å². The number of rotatable bonds is 4. The van der Waals surface area contributed by atoms with E-state index in [2.05, 4.69) is 0 Å². The van der Waals surface area contributed by atoms with E-state index < -0.39 is 11.9 Å². The van der Waals surface area contributed by atoms with Crippen LogP contribution in [0.25, 0.3) is 0 Å². The van der Waals surface area contributed by atoms with Gasteiger partial charge in [-0.05, 0) is 12.8 Å². The second-order valence-corrected chi connectivity index (χ2v) is 3.55. The number of hydrogen-bond donors (Lipinski definition) is 1. The van der Waals surface area contributed by atoms with Crippen LogP contribution in [0.2, 0.25) is 0 Å². The van der Waals surface area contributed by atoms with E-state index in [4.69, 9.17) is 5.11 Å². The van der Waals surface area contributed by atoms with Crippen LogP contribution in [0.4, 0.5) is 0 Å². The summed E-state index contributed by atoms with van der Waals surface area (Å²) in [5.41, 5.74) is 0. The van der Waals surface area contributed by atoms with E-state index in [0.29, 0.717) is 13.0 Å². The Morgan fingerprint density at radius 3 is 2.46 bits per heavy atom. The summed E-state index contributed by atoms with van der Waals surface area (Å²) in [7, 11) is 1.73. The van der Waals surface area contributed by atoms with Gasteiger partial charge >= 0.3 is 5.97 Å². The molecular formula is C9H15NO3. The number of nitrogens with zero attached hydrogens (tertiary/aromatic N) is 1. The molecule has 0 saturated heterocycles. The number of carboxylic acid groups (broad SMARTS) is 1. The molecule has 1 aliphatic rings. The maximum atomic E-state index is 11.5. The third-order valence-corrected chi connectivity index (χ3v) is 2.36. The lowest BCUT2D eigenvalue weighted by molar-refractivity contribution is -0.141. The lowest BCUT2D eigenvalue weighted by Crippen LogP contribution is -2.29. The third-order valence-electron chi connectivity index (χ3n) is 2.36. The highest BCUT2D eigenvalue weighted by molar-refractivity contribution is 5.89. The van der Waals surface area contributed by atoms with E-state index >= 15 is 0 Å². The standard InChI is InChI=1S/C9H15NO3/c1-3-4-10(2)8(11)6-5-7(6)9(12)13/h6-7H,3-5H2,1-2H3,(H,12,13). The SMILES string of the molecule is CCCN(C)C(=O)C1CC1C(=O)O. The normalized spacial score (nSPS) is 25.4. The van der Waals surface area contributed by atoms with E-state index in [1.165, 1.54) is 0 Å². The average molecular weight is 185 g/mol. The van der Waals surface area contributed by atoms with Gasteiger partial charge in [-0.1, -0.05) is 6.92 Å². The van der Waals surface area contributed by atoms with Crippen molar-refractivity contribution in [3.8, 4) is 0 Å². The Labute approximate surface area is 77.5 Å². The molecule has 0 bridgehead atoms. The first kappa shape index (κ1) is 10.0. The maximum absolute atomic E-state index is 11.5. The summed E-state index contributed by atoms with van der Waals surface area (Å²) in [5.74, 6) is -1.54. The van der Waals surface area contributed by atoms with Gasteiger partial charge in [-0.3, -0.25) is 9.59 Å². The molecule has 4 heteroatoms. The topological polar surface area (TPSA) is 57.6 Å². The van der Waals surface area contributed by atoms with Crippen molar-refractivity contribution in [2.45, 2.75) is 19.8 Å². The minimum absolute atomic E-state index is 0.0192. The van der Waals surface area contributed by atoms with Crippen LogP contribution in [0.3, 0.4) is 0 Å². The van der Waals surface area contributed by atoms with Crippen molar-refractivity contribution in [2.24, 2.45) is 11.8 Å². The van der Waals surface area contributed by atoms with E-state index in [1.807, 2.05) is 6.92 Å². The fourth-order valence-corrected chi connectivity index (χ4v) is 1.47. The van der Waals surface area contributed by atoms with Crippen LogP contribution in [-0.2, 0) is 9.59 Å². The fraction of sp³-hybridized carbons (Fsp3) is 0.778. The lowest BCUT2D eigenvalue weighted by Gasteiger charge is -2.15. The molecular weight excluding hydrogens is 170 g/mol. The summed E-state index contributed by atoms with van der Waals surface area (Å²) >= 11 is 0. The lowest BCUT2D eigenvalue weighted by atomic mass is 10.3. The van der Waals surface area contributed by atoms with Crippen LogP contribution in [-0.4, -0.2) is 35.5 Å². The molecule has 0 aliphatic heterocycles. The fourth-order valence-electron chi connectivity index (χ4n) is 1.47. The third kappa shape index (κ3) is 2.20. The van der Waals surface area contributed by atoms with Crippen LogP contribution in [0.15, 0.2) is 0 Å². The van der Waals surface area contributed by atoms with Gasteiger partial charge in [0.25, 0.3) is 0 Å². The van der Waals surface area contributed by atoms with Gasteiger partial charge in [-0.25, -0.2) is 0 Å². The Hall–Kier alpha value is -1.06. The number of hydrogen-bond acceptors (Lipinski definition) is 2. The number of carboxylic acids is 1. The van der Waals surface area contributed by atoms with Crippen LogP contribution < -0.4 is 0 Å². The molecule has 0 aromatic carbocycles. The molecule has 0 aromatic rings. The van der Waals surface area contributed by atoms with Crippen LogP contribution in [0.5, 0.6) is 0 Å². The van der Waals surface area contributed by atoms with Crippen molar-refractivity contribution >= 4 is 11.9 Å². The molecule has 1 N–H and O–H groups in total. The van der Waals surface area contributed by atoms with E-state index in [-0.39, 0.29) is 11.8 Å². The van der Waals surface area contributed by atoms with Gasteiger partial charge in [0.2, 0.25) is 5.91 Å². The summed E-state index contributed by atoms with van der Waals surface area (Å²) in [6.07, 6.45) is 1.43. The van der Waals surface area contributed by atoms with Crippen molar-refractivity contribution < 1.29 is 14.7 Å². The van der Waals surface area contributed by atoms with Crippen molar-refractivity contribution in [1.82, 2.24) is 4.90 Å². The largest absolute Gasteiger partial charge is 0.481 e. The van der Waals surface area contributed by atoms with Crippen LogP contribution >= 0.6 is 0 Å². The average Bonchev–Trinajstić information content (AvgIpc) is 2.82. The zero-order valence-corrected chi connectivity index (χ0v) is 7.99. The molecule has 0 spiro atoms. The Morgan fingerprint density at radius 2 is 2.08 bits per heavy atom. The van der Waals surface area contributed by atoms with Gasteiger partial charge in [-0.2, -0.15) is 0 Å². The van der Waals surface area contributed by atoms with Crippen molar-refractivity contribution in [2.75, 3.05) is 13.6 Å². The van der Waals surface area contributed by atoms with Gasteiger partial charge in [0.15, 0.2) is 0 Å². The summed E-state index contributed by atoms with van der Waals surface area (Å²) in [5, 5.41) is 8.61. The molecule has 13 heavy (non-hydrogen) atoms. The zero-order chi connectivity index (χ0) is 10.0. The first-order valence-corrected chi connectivity index (χ1v) is 4.55. The van der Waals surface area contributed by atoms with E-state index in [0.717, 1.165) is 6.42 Å². The second-order valence-electron chi connectivity index (χ2n) is 3.55. The van der Waals surface area contributed by atoms with Crippen molar-refractivity contribution in [1.29, 1.82) is 0 Å². The summed E-state index contributed by atoms with van der Waals surface area (Å²) in [4.78, 5) is 23.6. The molecule has 0 heterocycles. The van der Waals surface area contributed by atoms with Gasteiger partial charge in [0, 0.05) is 13.6 Å². The first-order chi connectivity index (χ1) is 6.07. The Morgan fingerprint density at radius 1 is 1.46 bits per heavy atom. The molecule has 2 unspecified atom stereocenters. The number of carbonyl (C=O) groups is 2. The Bertz CT molecular complexity index is 227. The molecule has 1 fully saturated rings. The predicted molar refractivity (Wildman–Crippen MR) is 47.2 cm³/mol. The maximum Gasteiger partial charge on any atom is 0.307 e. The molecule has 2 atom stereocenters. The van der Waals surface area contributed by atoms with E-state index in [1.54, 1.807) is 11.9 Å². The first-order valence-electron chi connectivity index (χ1n) is 4.55. The molecule has 4 nitrogen and oxygen atoms in total. The highest BCUT2D eigenvalue weighted by atomic mass is 16.4. The smallest absolute Gasteiger partial charge is 0.307 e. The predicted octanol–water partition coefficient (Wildman–Crippen LogP) is 0.575. The number of carbonyl (C=O) groups excluding carboxylic acids is 1. The minimum atomic E-state index is -0.844.